The van der Waals surface area contributed by atoms with Crippen molar-refractivity contribution in [3.8, 4) is 11.4 Å². The predicted molar refractivity (Wildman–Crippen MR) is 397 cm³/mol. The van der Waals surface area contributed by atoms with E-state index in [1.165, 1.54) is 36.9 Å². The third-order valence-corrected chi connectivity index (χ3v) is 16.9. The summed E-state index contributed by atoms with van der Waals surface area (Å²) in [4.78, 5) is 65.2. The Bertz CT molecular complexity index is 3470. The molecule has 97 heavy (non-hydrogen) atoms. The topological polar surface area (TPSA) is 276 Å². The number of aromatic nitrogens is 14. The first-order chi connectivity index (χ1) is 45.8. The van der Waals surface area contributed by atoms with Crippen molar-refractivity contribution < 1.29 is 0 Å². The smallest absolute Gasteiger partial charge is 0.188 e. The van der Waals surface area contributed by atoms with Gasteiger partial charge in [0.05, 0.1) is 11.4 Å². The summed E-state index contributed by atoms with van der Waals surface area (Å²) in [6, 6.07) is 14.7. The minimum atomic E-state index is -0.0411. The summed E-state index contributed by atoms with van der Waals surface area (Å²) in [6.45, 7) is 49.9. The molecule has 0 radical (unpaired) electrons. The number of piperidine rings is 2. The van der Waals surface area contributed by atoms with Gasteiger partial charge in [-0.1, -0.05) is 125 Å². The van der Waals surface area contributed by atoms with Gasteiger partial charge in [0, 0.05) is 175 Å². The molecule has 0 aliphatic carbocycles. The number of H-pyrrole nitrogens is 1. The third-order valence-electron chi connectivity index (χ3n) is 16.2. The Morgan fingerprint density at radius 3 is 1.66 bits per heavy atom. The quantitative estimate of drug-likeness (QED) is 0.0707. The lowest BCUT2D eigenvalue weighted by Gasteiger charge is -2.29. The van der Waals surface area contributed by atoms with Crippen LogP contribution in [0.25, 0.3) is 11.4 Å². The van der Waals surface area contributed by atoms with Crippen molar-refractivity contribution in [1.82, 2.24) is 90.6 Å². The molecular weight excluding hydrogens is 1230 g/mol. The zero-order valence-electron chi connectivity index (χ0n) is 61.6. The maximum Gasteiger partial charge on any atom is 0.188 e. The van der Waals surface area contributed by atoms with Crippen LogP contribution in [-0.2, 0) is 39.0 Å². The van der Waals surface area contributed by atoms with E-state index in [4.69, 9.17) is 10.7 Å². The standard InChI is InChI=1S/2C13H22N4.C13H21N3.C12H20N4.C12H15N3.C11H14N4S/c1-13(2,3)12-15-6-10(7-16-12)8-17-5-4-11(14)9-17;1-13(2,3)12-15-8-6-11(17-12)16-10-5-4-7-14-9-10;1-13(2,3)12-15-9-6-11(16-12)10-4-7-14-8-5-10;1-12(2,3)11-14-5-4-10(15-11)16-8-6-13-7-9-16;1-12(2,3)11-7-10(14-8-15-11)9-5-4-6-13-9;1-11(2,3)9-12-5-4-8(14-9)15-10-13-6-7-16-10/h6-7,11H,4-5,8-9,14H2,1-3H3;6,8,10,14H,4-5,7,9H2,1-3H3,(H,15,16,17);6,9-10,14H,4-5,7-8H2,1-3H3;4-5,13H,6-9H2,1-3H3;4-8,13H,1-3H3;4-7H,1-3H3,(H,12,13,14,15). The molecule has 2 unspecified atom stereocenters. The first-order valence-corrected chi connectivity index (χ1v) is 35.6. The van der Waals surface area contributed by atoms with Gasteiger partial charge in [-0.05, 0) is 94.2 Å². The number of likely N-dealkylation sites (tertiary alicyclic amines) is 1. The van der Waals surface area contributed by atoms with E-state index in [0.717, 1.165) is 147 Å². The predicted octanol–water partition coefficient (Wildman–Crippen LogP) is 12.4. The molecule has 12 heterocycles. The Morgan fingerprint density at radius 1 is 0.536 bits per heavy atom. The summed E-state index contributed by atoms with van der Waals surface area (Å²) in [5.74, 6) is 7.91. The van der Waals surface area contributed by atoms with Crippen molar-refractivity contribution >= 4 is 33.9 Å². The summed E-state index contributed by atoms with van der Waals surface area (Å²) in [6.07, 6.45) is 22.5. The van der Waals surface area contributed by atoms with Gasteiger partial charge in [-0.2, -0.15) is 0 Å². The molecule has 0 spiro atoms. The molecule has 8 aromatic rings. The number of hydrogen-bond donors (Lipinski definition) is 7. The van der Waals surface area contributed by atoms with Crippen LogP contribution >= 0.6 is 11.3 Å². The summed E-state index contributed by atoms with van der Waals surface area (Å²) in [5.41, 5.74) is 11.4. The molecule has 0 aromatic carbocycles. The fourth-order valence-corrected chi connectivity index (χ4v) is 11.1. The summed E-state index contributed by atoms with van der Waals surface area (Å²) < 4.78 is 0. The van der Waals surface area contributed by atoms with E-state index in [-0.39, 0.29) is 32.5 Å². The van der Waals surface area contributed by atoms with Crippen molar-refractivity contribution in [1.29, 1.82) is 0 Å². The monoisotopic (exact) mass is 1340 g/mol. The van der Waals surface area contributed by atoms with Gasteiger partial charge in [0.25, 0.3) is 0 Å². The number of rotatable bonds is 9. The van der Waals surface area contributed by atoms with Gasteiger partial charge in [0.1, 0.15) is 52.9 Å². The lowest BCUT2D eigenvalue weighted by atomic mass is 9.91. The van der Waals surface area contributed by atoms with Crippen LogP contribution < -0.4 is 37.2 Å². The molecule has 8 aromatic heterocycles. The average molecular weight is 1340 g/mol. The summed E-state index contributed by atoms with van der Waals surface area (Å²) >= 11 is 1.55. The fraction of sp³-hybridized carbons (Fsp3) is 0.581. The number of piperazine rings is 1. The van der Waals surface area contributed by atoms with E-state index in [1.807, 2.05) is 79.0 Å². The highest BCUT2D eigenvalue weighted by Crippen LogP contribution is 2.28. The highest BCUT2D eigenvalue weighted by atomic mass is 32.1. The van der Waals surface area contributed by atoms with Crippen molar-refractivity contribution in [3.63, 3.8) is 0 Å². The van der Waals surface area contributed by atoms with E-state index in [1.54, 1.807) is 30.1 Å². The normalized spacial score (nSPS) is 17.2. The molecule has 23 heteroatoms. The SMILES string of the molecule is CC(C)(C)c1cc(-c2ccc[nH]2)ncn1.CC(C)(C)c1ncc(CN2CCC(N)C2)cn1.CC(C)(C)c1nccc(C2CCNCC2)n1.CC(C)(C)c1nccc(N2CCNCC2)n1.CC(C)(C)c1nccc(NC2CCCNC2)n1.CC(C)(C)c1nccc(Nc2nccs2)n1. The first kappa shape index (κ1) is 76.9. The van der Waals surface area contributed by atoms with E-state index >= 15 is 0 Å². The van der Waals surface area contributed by atoms with Crippen molar-refractivity contribution in [2.24, 2.45) is 5.73 Å². The number of thiazole rings is 1. The van der Waals surface area contributed by atoms with E-state index < -0.39 is 0 Å². The summed E-state index contributed by atoms with van der Waals surface area (Å²) in [7, 11) is 0. The molecule has 8 N–H and O–H groups in total. The highest BCUT2D eigenvalue weighted by molar-refractivity contribution is 7.13. The fourth-order valence-electron chi connectivity index (χ4n) is 10.5. The molecule has 4 aliphatic heterocycles. The number of hydrogen-bond acceptors (Lipinski definition) is 22. The van der Waals surface area contributed by atoms with Crippen LogP contribution in [0.4, 0.5) is 22.6 Å². The van der Waals surface area contributed by atoms with Gasteiger partial charge in [0.15, 0.2) is 5.13 Å². The summed E-state index contributed by atoms with van der Waals surface area (Å²) in [5, 5.41) is 19.5. The van der Waals surface area contributed by atoms with Crippen LogP contribution in [0, 0.1) is 0 Å². The maximum atomic E-state index is 5.89. The van der Waals surface area contributed by atoms with E-state index in [9.17, 15) is 0 Å². The van der Waals surface area contributed by atoms with Crippen LogP contribution in [-0.4, -0.2) is 152 Å². The molecule has 0 amide bonds. The van der Waals surface area contributed by atoms with Gasteiger partial charge in [-0.25, -0.2) is 64.8 Å². The van der Waals surface area contributed by atoms with Crippen LogP contribution in [0.2, 0.25) is 0 Å². The molecule has 0 saturated carbocycles. The zero-order valence-corrected chi connectivity index (χ0v) is 62.4. The van der Waals surface area contributed by atoms with Gasteiger partial charge in [0.2, 0.25) is 0 Å². The molecule has 4 saturated heterocycles. The molecule has 0 bridgehead atoms. The Labute approximate surface area is 583 Å². The van der Waals surface area contributed by atoms with Crippen LogP contribution in [0.5, 0.6) is 0 Å². The van der Waals surface area contributed by atoms with Crippen molar-refractivity contribution in [3.05, 3.63) is 150 Å². The Morgan fingerprint density at radius 2 is 1.11 bits per heavy atom. The number of nitrogens with zero attached hydrogens (tertiary/aromatic N) is 15. The zero-order chi connectivity index (χ0) is 70.4. The molecule has 4 fully saturated rings. The number of nitrogens with two attached hydrogens (primary N) is 1. The molecular formula is C74H114N22S. The Hall–Kier alpha value is -7.41. The van der Waals surface area contributed by atoms with Gasteiger partial charge in [-0.3, -0.25) is 4.90 Å². The van der Waals surface area contributed by atoms with Gasteiger partial charge >= 0.3 is 0 Å². The number of nitrogens with one attached hydrogen (secondary N) is 6. The minimum absolute atomic E-state index is 0.00248. The van der Waals surface area contributed by atoms with Crippen LogP contribution in [0.1, 0.15) is 209 Å². The van der Waals surface area contributed by atoms with Crippen molar-refractivity contribution in [2.45, 2.75) is 214 Å². The van der Waals surface area contributed by atoms with E-state index in [0.29, 0.717) is 18.0 Å². The van der Waals surface area contributed by atoms with Crippen LogP contribution in [0.15, 0.2) is 104 Å². The van der Waals surface area contributed by atoms with Gasteiger partial charge < -0.3 is 42.2 Å². The van der Waals surface area contributed by atoms with E-state index in [2.05, 4.69) is 232 Å². The molecule has 22 nitrogen and oxygen atoms in total. The van der Waals surface area contributed by atoms with Gasteiger partial charge in [-0.15, -0.1) is 11.3 Å². The maximum absolute atomic E-state index is 5.89. The lowest BCUT2D eigenvalue weighted by molar-refractivity contribution is 0.325. The Kier molecular flexibility index (Phi) is 28.1. The molecule has 2 atom stereocenters. The highest BCUT2D eigenvalue weighted by Gasteiger charge is 2.26. The molecule has 526 valence electrons. The third kappa shape index (κ3) is 26.1. The number of anilines is 4. The molecule has 12 rings (SSSR count). The largest absolute Gasteiger partial charge is 0.366 e. The second-order valence-electron chi connectivity index (χ2n) is 31.6. The first-order valence-electron chi connectivity index (χ1n) is 34.7. The molecule has 4 aliphatic rings. The second kappa shape index (κ2) is 35.4. The number of aromatic amines is 1. The average Bonchev–Trinajstić information content (AvgIpc) is 1.88. The van der Waals surface area contributed by atoms with Crippen molar-refractivity contribution in [2.75, 3.05) is 81.0 Å². The Balaban J connectivity index is 0.000000164. The van der Waals surface area contributed by atoms with Crippen LogP contribution in [0.3, 0.4) is 0 Å². The lowest BCUT2D eigenvalue weighted by Crippen LogP contribution is -2.44. The minimum Gasteiger partial charge on any atom is -0.366 e. The second-order valence-corrected chi connectivity index (χ2v) is 32.5.